The number of carboxylic acid groups (broad SMARTS) is 4. The smallest absolute Gasteiger partial charge is 0.335 e. The number of sulfone groups is 2. The number of aromatic hydroxyl groups is 1. The normalized spacial score (nSPS) is 12.1. The van der Waals surface area contributed by atoms with E-state index in [0.29, 0.717) is 0 Å². The van der Waals surface area contributed by atoms with Gasteiger partial charge in [0.2, 0.25) is 0 Å². The molecule has 9 N–H and O–H groups in total. The molecule has 0 aliphatic carbocycles. The van der Waals surface area contributed by atoms with Crippen LogP contribution in [0.2, 0.25) is 0 Å². The van der Waals surface area contributed by atoms with Gasteiger partial charge in [0.15, 0.2) is 54.3 Å². The van der Waals surface area contributed by atoms with E-state index in [0.717, 1.165) is 80.0 Å². The maximum Gasteiger partial charge on any atom is 0.335 e. The predicted molar refractivity (Wildman–Crippen MR) is 224 cm³/mol. The summed E-state index contributed by atoms with van der Waals surface area (Å²) < 4.78 is 54.5. The average molecular weight is 960 g/mol. The van der Waals surface area contributed by atoms with E-state index in [1.54, 1.807) is 0 Å². The van der Waals surface area contributed by atoms with Gasteiger partial charge >= 0.3 is 29.9 Å². The van der Waals surface area contributed by atoms with Crippen LogP contribution in [0.3, 0.4) is 0 Å². The van der Waals surface area contributed by atoms with Gasteiger partial charge in [-0.1, -0.05) is 0 Å². The summed E-state index contributed by atoms with van der Waals surface area (Å²) in [6.07, 6.45) is 3.46. The van der Waals surface area contributed by atoms with Crippen LogP contribution in [0.4, 0.5) is 34.6 Å². The second kappa shape index (κ2) is 16.7. The zero-order valence-corrected chi connectivity index (χ0v) is 35.9. The fraction of sp³-hybridized carbons (Fsp3) is 0.114. The van der Waals surface area contributed by atoms with E-state index in [2.05, 4.69) is 55.8 Å². The van der Waals surface area contributed by atoms with E-state index in [4.69, 9.17) is 11.5 Å². The second-order valence-electron chi connectivity index (χ2n) is 13.9. The van der Waals surface area contributed by atoms with Crippen LogP contribution in [0.5, 0.6) is 6.01 Å². The molecule has 0 unspecified atom stereocenters. The summed E-state index contributed by atoms with van der Waals surface area (Å²) in [6, 6.07) is 4.99. The maximum atomic E-state index is 12.8. The Morgan fingerprint density at radius 1 is 0.537 bits per heavy atom. The third kappa shape index (κ3) is 8.81. The highest BCUT2D eigenvalue weighted by Gasteiger charge is 2.27. The lowest BCUT2D eigenvalue weighted by Crippen LogP contribution is -2.13. The number of benzene rings is 2. The van der Waals surface area contributed by atoms with Gasteiger partial charge in [0.05, 0.1) is 57.4 Å². The Morgan fingerprint density at radius 3 is 1.16 bits per heavy atom. The zero-order valence-electron chi connectivity index (χ0n) is 34.3. The zero-order chi connectivity index (χ0) is 49.0. The third-order valence-electron chi connectivity index (χ3n) is 9.13. The first-order chi connectivity index (χ1) is 31.3. The van der Waals surface area contributed by atoms with Gasteiger partial charge in [-0.05, 0) is 50.2 Å². The molecule has 32 heteroatoms. The maximum absolute atomic E-state index is 12.8. The fourth-order valence-corrected chi connectivity index (χ4v) is 7.45. The molecule has 7 rings (SSSR count). The van der Waals surface area contributed by atoms with Crippen molar-refractivity contribution in [3.63, 3.8) is 0 Å². The molecule has 5 aromatic heterocycles. The number of carboxylic acids is 4. The van der Waals surface area contributed by atoms with Gasteiger partial charge < -0.3 is 37.0 Å². The van der Waals surface area contributed by atoms with Gasteiger partial charge in [0.1, 0.15) is 9.79 Å². The lowest BCUT2D eigenvalue weighted by molar-refractivity contribution is 0.0676. The van der Waals surface area contributed by atoms with Crippen molar-refractivity contribution in [3.05, 3.63) is 82.4 Å². The lowest BCUT2D eigenvalue weighted by atomic mass is 10.1. The summed E-state index contributed by atoms with van der Waals surface area (Å²) in [5.41, 5.74) is 10.2. The van der Waals surface area contributed by atoms with Gasteiger partial charge in [0.25, 0.3) is 11.9 Å². The van der Waals surface area contributed by atoms with Crippen molar-refractivity contribution in [2.24, 2.45) is 20.5 Å². The molecule has 2 aromatic carbocycles. The van der Waals surface area contributed by atoms with Crippen LogP contribution in [0.1, 0.15) is 52.8 Å². The number of anilines is 2. The Kier molecular flexibility index (Phi) is 11.4. The number of nitrogen functional groups attached to an aromatic ring is 2. The van der Waals surface area contributed by atoms with E-state index in [1.165, 1.54) is 13.8 Å². The van der Waals surface area contributed by atoms with Crippen LogP contribution in [0, 0.1) is 13.8 Å². The molecule has 0 saturated carbocycles. The predicted octanol–water partition coefficient (Wildman–Crippen LogP) is 2.53. The van der Waals surface area contributed by atoms with E-state index in [-0.39, 0.29) is 45.8 Å². The molecule has 0 radical (unpaired) electrons. The first-order valence-corrected chi connectivity index (χ1v) is 21.9. The summed E-state index contributed by atoms with van der Waals surface area (Å²) in [5, 5.41) is 81.7. The van der Waals surface area contributed by atoms with Crippen molar-refractivity contribution in [2.75, 3.05) is 24.0 Å². The first kappa shape index (κ1) is 45.7. The summed E-state index contributed by atoms with van der Waals surface area (Å²) in [4.78, 5) is 58.2. The van der Waals surface area contributed by atoms with Crippen molar-refractivity contribution in [1.29, 1.82) is 0 Å². The largest absolute Gasteiger partial charge is 0.479 e. The minimum atomic E-state index is -4.09. The van der Waals surface area contributed by atoms with Crippen molar-refractivity contribution in [1.82, 2.24) is 54.1 Å². The standard InChI is InChI=1S/C35H29N17O13S2/c1-13-23(43-45-27-21(66(3,62)63)11-38-49(27)19-7-15(29(53)54)5-16(8-19)30(55)56)25(36)51(47-13)33-40-34(42-35(61)41-33)52-26(37)24(14(2)48-52)44-46-28-22(67(4,64)65)12-39-50(28)20-9-17(31(57)58)6-18(10-20)32(59)60/h5-12H,36-37H2,1-4H3,(H,53,54)(H,55,56)(H,57,58)(H,59,60)(H,40,41,42,61). The van der Waals surface area contributed by atoms with E-state index < -0.39 is 105 Å². The van der Waals surface area contributed by atoms with E-state index in [1.807, 2.05) is 0 Å². The van der Waals surface area contributed by atoms with Crippen LogP contribution in [-0.2, 0) is 19.7 Å². The molecule has 0 atom stereocenters. The Balaban J connectivity index is 1.27. The van der Waals surface area contributed by atoms with Crippen LogP contribution in [0.25, 0.3) is 23.3 Å². The number of azo groups is 2. The molecule has 30 nitrogen and oxygen atoms in total. The molecule has 344 valence electrons. The van der Waals surface area contributed by atoms with E-state index >= 15 is 0 Å². The van der Waals surface area contributed by atoms with Gasteiger partial charge in [-0.25, -0.2) is 45.4 Å². The molecule has 0 fully saturated rings. The third-order valence-corrected chi connectivity index (χ3v) is 11.3. The minimum Gasteiger partial charge on any atom is -0.479 e. The van der Waals surface area contributed by atoms with Crippen molar-refractivity contribution < 1.29 is 61.5 Å². The number of carbonyl (C=O) groups is 4. The van der Waals surface area contributed by atoms with E-state index in [9.17, 15) is 61.5 Å². The molecule has 0 spiro atoms. The molecular weight excluding hydrogens is 931 g/mol. The Labute approximate surface area is 372 Å². The van der Waals surface area contributed by atoms with Gasteiger partial charge in [-0.2, -0.15) is 44.7 Å². The number of nitrogens with two attached hydrogens (primary N) is 2. The number of rotatable bonds is 14. The monoisotopic (exact) mass is 959 g/mol. The average Bonchev–Trinajstić information content (AvgIpc) is 4.01. The Hall–Kier alpha value is -9.33. The minimum absolute atomic E-state index is 0.0365. The molecule has 0 bridgehead atoms. The molecule has 0 aliphatic heterocycles. The molecule has 5 heterocycles. The van der Waals surface area contributed by atoms with Crippen LogP contribution < -0.4 is 11.5 Å². The molecular formula is C35H29N17O13S2. The fourth-order valence-electron chi connectivity index (χ4n) is 6.05. The molecule has 7 aromatic rings. The highest BCUT2D eigenvalue weighted by Crippen LogP contribution is 2.36. The quantitative estimate of drug-likeness (QED) is 0.0770. The van der Waals surface area contributed by atoms with Crippen LogP contribution >= 0.6 is 0 Å². The second-order valence-corrected chi connectivity index (χ2v) is 17.9. The molecule has 67 heavy (non-hydrogen) atoms. The summed E-state index contributed by atoms with van der Waals surface area (Å²) in [6.45, 7) is 2.82. The molecule has 0 aliphatic rings. The number of aromatic carboxylic acids is 4. The topological polar surface area (TPSA) is 449 Å². The van der Waals surface area contributed by atoms with Gasteiger partial charge in [-0.15, -0.1) is 20.5 Å². The number of aryl methyl sites for hydroxylation is 2. The Morgan fingerprint density at radius 2 is 0.866 bits per heavy atom. The van der Waals surface area contributed by atoms with Crippen molar-refractivity contribution in [2.45, 2.75) is 23.6 Å². The molecule has 0 amide bonds. The Bertz CT molecular complexity index is 3280. The number of aromatic nitrogens is 11. The lowest BCUT2D eigenvalue weighted by Gasteiger charge is -2.08. The SMILES string of the molecule is Cc1nn(-c2nc(O)nc(-n3nc(C)c(N=Nc4c(S(C)(=O)=O)cnn4-c4cc(C(=O)O)cc(C(=O)O)c4)c3N)n2)c(N)c1N=Nc1c(S(C)(=O)=O)cnn1-c1cc(C(=O)O)cc(C(=O)O)c1. The number of hydrogen-bond acceptors (Lipinski definition) is 22. The molecule has 0 saturated heterocycles. The van der Waals surface area contributed by atoms with Crippen molar-refractivity contribution >= 4 is 78.2 Å². The summed E-state index contributed by atoms with van der Waals surface area (Å²) in [7, 11) is -8.19. The first-order valence-electron chi connectivity index (χ1n) is 18.1. The summed E-state index contributed by atoms with van der Waals surface area (Å²) in [5.74, 6) is -8.52. The number of hydrogen-bond donors (Lipinski definition) is 7. The highest BCUT2D eigenvalue weighted by atomic mass is 32.2. The van der Waals surface area contributed by atoms with Crippen LogP contribution in [-0.4, -0.2) is 133 Å². The van der Waals surface area contributed by atoms with Gasteiger partial charge in [0, 0.05) is 12.5 Å². The van der Waals surface area contributed by atoms with Crippen molar-refractivity contribution in [3.8, 4) is 29.3 Å². The van der Waals surface area contributed by atoms with Crippen LogP contribution in [0.15, 0.2) is 79.0 Å². The summed E-state index contributed by atoms with van der Waals surface area (Å²) >= 11 is 0. The van der Waals surface area contributed by atoms with Gasteiger partial charge in [-0.3, -0.25) is 0 Å². The number of nitrogens with zero attached hydrogens (tertiary/aromatic N) is 15. The highest BCUT2D eigenvalue weighted by molar-refractivity contribution is 7.91.